The summed E-state index contributed by atoms with van der Waals surface area (Å²) in [5.41, 5.74) is 0. The number of aliphatic carboxylic acids is 1. The molecule has 154 valence electrons. The van der Waals surface area contributed by atoms with Gasteiger partial charge in [0.15, 0.2) is 14.1 Å². The first-order chi connectivity index (χ1) is 12.2. The van der Waals surface area contributed by atoms with Crippen LogP contribution in [0.1, 0.15) is 27.7 Å². The van der Waals surface area contributed by atoms with Gasteiger partial charge in [0.05, 0.1) is 18.1 Å². The van der Waals surface area contributed by atoms with E-state index in [2.05, 4.69) is 27.4 Å². The van der Waals surface area contributed by atoms with E-state index in [1.54, 1.807) is 6.92 Å². The van der Waals surface area contributed by atoms with E-state index >= 15 is 0 Å². The second-order valence-electron chi connectivity index (χ2n) is 8.32. The Balaban J connectivity index is 3.23. The number of β-lactam (4-membered cyclic amide) rings is 1. The molecule has 1 aliphatic rings. The van der Waals surface area contributed by atoms with Gasteiger partial charge in [0, 0.05) is 7.11 Å². The molecule has 5 atom stereocenters. The number of hydrogen-bond donors (Lipinski definition) is 2. The number of aliphatic hydroxyl groups excluding tert-OH is 1. The minimum absolute atomic E-state index is 0.0958. The molecule has 1 heterocycles. The molecule has 0 aromatic carbocycles. The summed E-state index contributed by atoms with van der Waals surface area (Å²) in [4.78, 5) is 36.8. The number of ether oxygens (including phenoxy) is 1. The molecule has 2 unspecified atom stereocenters. The number of ketones is 1. The SMILES string of the molecule is C=CC(=O)C(OC)[C@H]1[C@@H]([C@@H](C)O[Si](C)(C)C(C)(C)C)C(=O)N1C(O)C(=O)O. The fourth-order valence-corrected chi connectivity index (χ4v) is 4.46. The predicted octanol–water partition coefficient (Wildman–Crippen LogP) is 1.40. The number of nitrogens with zero attached hydrogens (tertiary/aromatic N) is 1. The smallest absolute Gasteiger partial charge is 0.354 e. The van der Waals surface area contributed by atoms with E-state index in [4.69, 9.17) is 14.3 Å². The van der Waals surface area contributed by atoms with Crippen LogP contribution < -0.4 is 0 Å². The van der Waals surface area contributed by atoms with E-state index < -0.39 is 56.4 Å². The van der Waals surface area contributed by atoms with Crippen molar-refractivity contribution in [2.45, 2.75) is 70.3 Å². The summed E-state index contributed by atoms with van der Waals surface area (Å²) in [5, 5.41) is 18.9. The number of carboxylic acid groups (broad SMARTS) is 1. The highest BCUT2D eigenvalue weighted by Gasteiger charge is 2.59. The molecule has 0 aromatic rings. The molecule has 0 aromatic heterocycles. The fourth-order valence-electron chi connectivity index (χ4n) is 3.03. The highest BCUT2D eigenvalue weighted by molar-refractivity contribution is 6.74. The van der Waals surface area contributed by atoms with Crippen LogP contribution >= 0.6 is 0 Å². The molecule has 1 aliphatic heterocycles. The number of carboxylic acids is 1. The molecule has 2 N–H and O–H groups in total. The van der Waals surface area contributed by atoms with Crippen molar-refractivity contribution in [3.05, 3.63) is 12.7 Å². The predicted molar refractivity (Wildman–Crippen MR) is 102 cm³/mol. The fraction of sp³-hybridized carbons (Fsp3) is 0.722. The molecule has 0 aliphatic carbocycles. The van der Waals surface area contributed by atoms with E-state index in [9.17, 15) is 19.5 Å². The molecule has 1 fully saturated rings. The van der Waals surface area contributed by atoms with Crippen LogP contribution in [0, 0.1) is 5.92 Å². The van der Waals surface area contributed by atoms with Crippen molar-refractivity contribution in [1.29, 1.82) is 0 Å². The third-order valence-corrected chi connectivity index (χ3v) is 10.1. The molecule has 27 heavy (non-hydrogen) atoms. The maximum absolute atomic E-state index is 12.7. The molecule has 0 radical (unpaired) electrons. The van der Waals surface area contributed by atoms with Crippen LogP contribution in [-0.2, 0) is 23.5 Å². The lowest BCUT2D eigenvalue weighted by molar-refractivity contribution is -0.204. The Morgan fingerprint density at radius 2 is 1.85 bits per heavy atom. The zero-order valence-corrected chi connectivity index (χ0v) is 18.1. The number of carbonyl (C=O) groups is 3. The lowest BCUT2D eigenvalue weighted by atomic mass is 9.78. The molecule has 1 rings (SSSR count). The van der Waals surface area contributed by atoms with Gasteiger partial charge in [-0.15, -0.1) is 0 Å². The van der Waals surface area contributed by atoms with Crippen molar-refractivity contribution >= 4 is 26.0 Å². The number of aliphatic hydroxyl groups is 1. The summed E-state index contributed by atoms with van der Waals surface area (Å²) in [6.07, 6.45) is -2.71. The van der Waals surface area contributed by atoms with Crippen LogP contribution in [0.15, 0.2) is 12.7 Å². The van der Waals surface area contributed by atoms with Crippen LogP contribution in [0.25, 0.3) is 0 Å². The van der Waals surface area contributed by atoms with Gasteiger partial charge in [-0.25, -0.2) is 4.79 Å². The van der Waals surface area contributed by atoms with Gasteiger partial charge in [-0.1, -0.05) is 27.4 Å². The Morgan fingerprint density at radius 1 is 1.33 bits per heavy atom. The quantitative estimate of drug-likeness (QED) is 0.341. The maximum atomic E-state index is 12.7. The molecule has 8 nitrogen and oxygen atoms in total. The van der Waals surface area contributed by atoms with Gasteiger partial charge in [0.2, 0.25) is 12.1 Å². The highest BCUT2D eigenvalue weighted by Crippen LogP contribution is 2.41. The molecular weight excluding hydrogens is 370 g/mol. The summed E-state index contributed by atoms with van der Waals surface area (Å²) in [6.45, 7) is 15.4. The van der Waals surface area contributed by atoms with Crippen molar-refractivity contribution in [1.82, 2.24) is 4.90 Å². The van der Waals surface area contributed by atoms with Gasteiger partial charge in [-0.2, -0.15) is 0 Å². The number of amides is 1. The van der Waals surface area contributed by atoms with Crippen molar-refractivity contribution in [2.75, 3.05) is 7.11 Å². The number of rotatable bonds is 9. The molecule has 1 saturated heterocycles. The van der Waals surface area contributed by atoms with E-state index in [0.29, 0.717) is 0 Å². The van der Waals surface area contributed by atoms with E-state index in [1.165, 1.54) is 7.11 Å². The first-order valence-corrected chi connectivity index (χ1v) is 11.7. The van der Waals surface area contributed by atoms with Gasteiger partial charge in [0.25, 0.3) is 0 Å². The van der Waals surface area contributed by atoms with E-state index in [1.807, 2.05) is 13.1 Å². The normalized spacial score (nSPS) is 24.0. The van der Waals surface area contributed by atoms with Crippen LogP contribution in [0.4, 0.5) is 0 Å². The average molecular weight is 402 g/mol. The number of methoxy groups -OCH3 is 1. The Morgan fingerprint density at radius 3 is 2.22 bits per heavy atom. The van der Waals surface area contributed by atoms with Crippen LogP contribution in [-0.4, -0.2) is 72.7 Å². The minimum atomic E-state index is -2.22. The highest BCUT2D eigenvalue weighted by atomic mass is 28.4. The summed E-state index contributed by atoms with van der Waals surface area (Å²) in [6, 6.07) is -0.959. The Labute approximate surface area is 161 Å². The Hall–Kier alpha value is -1.55. The van der Waals surface area contributed by atoms with Crippen molar-refractivity contribution in [2.24, 2.45) is 5.92 Å². The second-order valence-corrected chi connectivity index (χ2v) is 13.1. The molecule has 0 bridgehead atoms. The lowest BCUT2D eigenvalue weighted by Gasteiger charge is -2.53. The van der Waals surface area contributed by atoms with Gasteiger partial charge in [-0.05, 0) is 31.1 Å². The standard InChI is InChI=1S/C18H31NO7Si/c1-9-11(20)14(25-6)13-12(15(21)19(13)16(22)17(23)24)10(2)26-27(7,8)18(3,4)5/h9-10,12-14,16,22H,1H2,2-8H3,(H,23,24)/t10-,12-,13-,14?,16?/m1/s1. The minimum Gasteiger partial charge on any atom is -0.478 e. The zero-order chi connectivity index (χ0) is 21.3. The summed E-state index contributed by atoms with van der Waals surface area (Å²) >= 11 is 0. The van der Waals surface area contributed by atoms with Crippen LogP contribution in [0.2, 0.25) is 18.1 Å². The topological polar surface area (TPSA) is 113 Å². The molecule has 0 saturated carbocycles. The lowest BCUT2D eigenvalue weighted by Crippen LogP contribution is -2.73. The Bertz CT molecular complexity index is 613. The van der Waals surface area contributed by atoms with Gasteiger partial charge in [0.1, 0.15) is 6.10 Å². The zero-order valence-electron chi connectivity index (χ0n) is 17.1. The summed E-state index contributed by atoms with van der Waals surface area (Å²) in [7, 11) is -0.931. The summed E-state index contributed by atoms with van der Waals surface area (Å²) in [5.74, 6) is -3.46. The molecule has 1 amide bonds. The van der Waals surface area contributed by atoms with Crippen molar-refractivity contribution in [3.63, 3.8) is 0 Å². The van der Waals surface area contributed by atoms with E-state index in [0.717, 1.165) is 11.0 Å². The monoisotopic (exact) mass is 401 g/mol. The maximum Gasteiger partial charge on any atom is 0.354 e. The molecule has 0 spiro atoms. The van der Waals surface area contributed by atoms with Crippen LogP contribution in [0.3, 0.4) is 0 Å². The number of carbonyl (C=O) groups excluding carboxylic acids is 2. The second kappa shape index (κ2) is 8.22. The number of hydrogen-bond acceptors (Lipinski definition) is 6. The first-order valence-electron chi connectivity index (χ1n) is 8.81. The third-order valence-electron chi connectivity index (χ3n) is 5.55. The largest absolute Gasteiger partial charge is 0.478 e. The molecule has 9 heteroatoms. The first kappa shape index (κ1) is 23.5. The Kier molecular flexibility index (Phi) is 7.15. The third kappa shape index (κ3) is 4.48. The van der Waals surface area contributed by atoms with Gasteiger partial charge in [-0.3, -0.25) is 9.59 Å². The van der Waals surface area contributed by atoms with Gasteiger partial charge < -0.3 is 24.3 Å². The molecular formula is C18H31NO7Si. The number of likely N-dealkylation sites (tertiary alicyclic amines) is 1. The van der Waals surface area contributed by atoms with Gasteiger partial charge >= 0.3 is 5.97 Å². The van der Waals surface area contributed by atoms with Crippen LogP contribution in [0.5, 0.6) is 0 Å². The average Bonchev–Trinajstić information content (AvgIpc) is 2.52. The van der Waals surface area contributed by atoms with Crippen molar-refractivity contribution < 1.29 is 33.8 Å². The van der Waals surface area contributed by atoms with E-state index in [-0.39, 0.29) is 5.04 Å². The summed E-state index contributed by atoms with van der Waals surface area (Å²) < 4.78 is 11.5. The van der Waals surface area contributed by atoms with Crippen molar-refractivity contribution in [3.8, 4) is 0 Å².